The molecular formula is C34H30Br2N2SZr. The number of hydrogen-bond donors (Lipinski definition) is 0. The quantitative estimate of drug-likeness (QED) is 0.165. The van der Waals surface area contributed by atoms with Gasteiger partial charge in [0.05, 0.1) is 0 Å². The fourth-order valence-corrected chi connectivity index (χ4v) is 6.35. The molecule has 40 heavy (non-hydrogen) atoms. The summed E-state index contributed by atoms with van der Waals surface area (Å²) in [5, 5.41) is 12.1. The van der Waals surface area contributed by atoms with E-state index in [1.165, 1.54) is 53.6 Å². The summed E-state index contributed by atoms with van der Waals surface area (Å²) in [6.07, 6.45) is 0. The molecule has 6 aromatic rings. The molecule has 0 heterocycles. The first kappa shape index (κ1) is 32.7. The number of nitrogens with zero attached hydrogens (tertiary/aromatic N) is 2. The van der Waals surface area contributed by atoms with Crippen molar-refractivity contribution in [2.75, 3.05) is 28.2 Å². The molecule has 0 N–H and O–H groups in total. The average Bonchev–Trinajstić information content (AvgIpc) is 3.61. The van der Waals surface area contributed by atoms with E-state index in [0.29, 0.717) is 0 Å². The van der Waals surface area contributed by atoms with Gasteiger partial charge in [0.25, 0.3) is 0 Å². The molecule has 6 rings (SSSR count). The SMILES string of the molecule is Brc1ccc(Sc2ccc(Br)c3[cH-]c(-c4ccccc4)cc23)c2cc(-c3ccccc3)[cH-]c12.C[N-]C.C[N-]C.[Zr+4]. The molecule has 0 saturated carbocycles. The van der Waals surface area contributed by atoms with Gasteiger partial charge in [-0.2, -0.15) is 28.2 Å². The maximum Gasteiger partial charge on any atom is 4.00 e. The molecule has 0 aliphatic heterocycles. The van der Waals surface area contributed by atoms with Gasteiger partial charge in [-0.3, -0.25) is 0 Å². The maximum atomic E-state index is 3.77. The molecule has 6 heteroatoms. The smallest absolute Gasteiger partial charge is 0.668 e. The zero-order valence-corrected chi connectivity index (χ0v) is 29.4. The van der Waals surface area contributed by atoms with Crippen molar-refractivity contribution in [3.8, 4) is 22.3 Å². The zero-order valence-electron chi connectivity index (χ0n) is 23.0. The third-order valence-electron chi connectivity index (χ3n) is 6.02. The molecule has 0 amide bonds. The Bertz CT molecular complexity index is 1520. The zero-order chi connectivity index (χ0) is 27.8. The van der Waals surface area contributed by atoms with Crippen LogP contribution in [0.3, 0.4) is 0 Å². The minimum absolute atomic E-state index is 0. The summed E-state index contributed by atoms with van der Waals surface area (Å²) >= 11 is 9.37. The summed E-state index contributed by atoms with van der Waals surface area (Å²) in [6, 6.07) is 39.1. The van der Waals surface area contributed by atoms with E-state index in [-0.39, 0.29) is 26.2 Å². The molecule has 0 spiro atoms. The topological polar surface area (TPSA) is 28.2 Å². The van der Waals surface area contributed by atoms with Crippen LogP contribution in [-0.2, 0) is 26.2 Å². The van der Waals surface area contributed by atoms with Gasteiger partial charge in [0.2, 0.25) is 0 Å². The molecule has 0 bridgehead atoms. The molecule has 0 unspecified atom stereocenters. The second-order valence-electron chi connectivity index (χ2n) is 8.96. The fraction of sp³-hybridized carbons (Fsp3) is 0.118. The van der Waals surface area contributed by atoms with Crippen LogP contribution in [0.5, 0.6) is 0 Å². The summed E-state index contributed by atoms with van der Waals surface area (Å²) in [5.41, 5.74) is 4.98. The number of halogens is 2. The summed E-state index contributed by atoms with van der Waals surface area (Å²) in [6.45, 7) is 0. The van der Waals surface area contributed by atoms with Gasteiger partial charge in [-0.1, -0.05) is 96.1 Å². The van der Waals surface area contributed by atoms with Gasteiger partial charge >= 0.3 is 26.2 Å². The average molecular weight is 750 g/mol. The van der Waals surface area contributed by atoms with E-state index in [4.69, 9.17) is 0 Å². The van der Waals surface area contributed by atoms with Crippen molar-refractivity contribution in [2.45, 2.75) is 9.79 Å². The predicted molar refractivity (Wildman–Crippen MR) is 180 cm³/mol. The van der Waals surface area contributed by atoms with E-state index in [0.717, 1.165) is 8.95 Å². The van der Waals surface area contributed by atoms with Gasteiger partial charge in [-0.05, 0) is 18.7 Å². The molecule has 200 valence electrons. The largest absolute Gasteiger partial charge is 4.00 e. The molecule has 2 nitrogen and oxygen atoms in total. The van der Waals surface area contributed by atoms with Crippen LogP contribution in [-0.4, -0.2) is 28.2 Å². The Morgan fingerprint density at radius 3 is 1.25 bits per heavy atom. The van der Waals surface area contributed by atoms with Crippen molar-refractivity contribution in [2.24, 2.45) is 0 Å². The van der Waals surface area contributed by atoms with Crippen molar-refractivity contribution in [3.05, 3.63) is 129 Å². The van der Waals surface area contributed by atoms with E-state index in [9.17, 15) is 0 Å². The number of benzene rings is 4. The summed E-state index contributed by atoms with van der Waals surface area (Å²) < 4.78 is 2.26. The van der Waals surface area contributed by atoms with Crippen LogP contribution >= 0.6 is 43.6 Å². The molecule has 6 aromatic carbocycles. The van der Waals surface area contributed by atoms with Crippen molar-refractivity contribution in [1.82, 2.24) is 0 Å². The molecule has 0 radical (unpaired) electrons. The third-order valence-corrected chi connectivity index (χ3v) is 8.56. The third kappa shape index (κ3) is 7.73. The van der Waals surface area contributed by atoms with Crippen LogP contribution in [0.25, 0.3) is 54.4 Å². The Morgan fingerprint density at radius 1 is 0.550 bits per heavy atom. The molecular weight excluding hydrogens is 719 g/mol. The Labute approximate surface area is 278 Å². The molecule has 0 saturated heterocycles. The van der Waals surface area contributed by atoms with E-state index >= 15 is 0 Å². The summed E-state index contributed by atoms with van der Waals surface area (Å²) in [7, 11) is 7.00. The van der Waals surface area contributed by atoms with E-state index < -0.39 is 0 Å². The van der Waals surface area contributed by atoms with Gasteiger partial charge in [0.1, 0.15) is 0 Å². The van der Waals surface area contributed by atoms with Gasteiger partial charge in [0.15, 0.2) is 0 Å². The van der Waals surface area contributed by atoms with Crippen molar-refractivity contribution in [3.63, 3.8) is 0 Å². The molecule has 0 aliphatic rings. The van der Waals surface area contributed by atoms with Gasteiger partial charge < -0.3 is 10.6 Å². The Kier molecular flexibility index (Phi) is 13.1. The standard InChI is InChI=1S/C30H18Br2S.2C2H6N.Zr/c31-27-11-13-29(25-17-21(15-23(25)27)19-7-3-1-4-8-19)33-30-14-12-28(32)24-16-22(18-26(24)30)20-9-5-2-6-10-20;2*1-3-2;/h1-18H;2*1-2H3;/q-2;2*-1;+4. The number of hydrogen-bond acceptors (Lipinski definition) is 1. The first-order chi connectivity index (χ1) is 19.0. The van der Waals surface area contributed by atoms with Crippen molar-refractivity contribution < 1.29 is 26.2 Å². The van der Waals surface area contributed by atoms with Crippen LogP contribution in [0, 0.1) is 0 Å². The summed E-state index contributed by atoms with van der Waals surface area (Å²) in [5.74, 6) is 0. The van der Waals surface area contributed by atoms with Gasteiger partial charge in [0, 0.05) is 0 Å². The first-order valence-electron chi connectivity index (χ1n) is 12.5. The van der Waals surface area contributed by atoms with Crippen LogP contribution < -0.4 is 0 Å². The normalized spacial score (nSPS) is 10.3. The van der Waals surface area contributed by atoms with Crippen LogP contribution in [0.4, 0.5) is 0 Å². The summed E-state index contributed by atoms with van der Waals surface area (Å²) in [4.78, 5) is 2.53. The minimum atomic E-state index is 0. The minimum Gasteiger partial charge on any atom is -0.668 e. The van der Waals surface area contributed by atoms with E-state index in [2.05, 4.69) is 152 Å². The second kappa shape index (κ2) is 16.0. The Morgan fingerprint density at radius 2 is 0.900 bits per heavy atom. The second-order valence-corrected chi connectivity index (χ2v) is 11.8. The number of rotatable bonds is 4. The van der Waals surface area contributed by atoms with Gasteiger partial charge in [-0.15, -0.1) is 101 Å². The van der Waals surface area contributed by atoms with Crippen LogP contribution in [0.2, 0.25) is 0 Å². The van der Waals surface area contributed by atoms with E-state index in [1.54, 1.807) is 28.2 Å². The fourth-order valence-electron chi connectivity index (χ4n) is 4.37. The predicted octanol–water partition coefficient (Wildman–Crippen LogP) is 11.7. The van der Waals surface area contributed by atoms with Crippen LogP contribution in [0.1, 0.15) is 0 Å². The molecule has 0 aliphatic carbocycles. The Hall–Kier alpha value is -1.79. The molecule has 0 fully saturated rings. The van der Waals surface area contributed by atoms with Crippen molar-refractivity contribution >= 4 is 65.2 Å². The molecule has 0 aromatic heterocycles. The van der Waals surface area contributed by atoms with Crippen LogP contribution in [0.15, 0.2) is 128 Å². The van der Waals surface area contributed by atoms with E-state index in [1.807, 2.05) is 11.8 Å². The number of fused-ring (bicyclic) bond motifs is 2. The molecule has 0 atom stereocenters. The van der Waals surface area contributed by atoms with Gasteiger partial charge in [-0.25, -0.2) is 0 Å². The first-order valence-corrected chi connectivity index (χ1v) is 14.9. The van der Waals surface area contributed by atoms with Crippen molar-refractivity contribution in [1.29, 1.82) is 0 Å². The maximum absolute atomic E-state index is 3.77. The Balaban J connectivity index is 0.000000581. The monoisotopic (exact) mass is 746 g/mol.